The number of ether oxygens (including phenoxy) is 2. The van der Waals surface area contributed by atoms with Crippen LogP contribution in [0.4, 0.5) is 4.79 Å². The van der Waals surface area contributed by atoms with Crippen LogP contribution >= 0.6 is 0 Å². The molecule has 1 rings (SSSR count). The number of hydrogen-bond donors (Lipinski definition) is 0. The zero-order chi connectivity index (χ0) is 13.8. The first kappa shape index (κ1) is 14.5. The molecule has 1 amide bonds. The molecule has 1 aliphatic heterocycles. The van der Waals surface area contributed by atoms with Crippen LogP contribution in [0.2, 0.25) is 0 Å². The number of hydrogen-bond acceptors (Lipinski definition) is 4. The number of Topliss-reactive ketones (excluding diaryl/α,β-unsaturated/α-hetero) is 1. The summed E-state index contributed by atoms with van der Waals surface area (Å²) in [5.74, 6) is -0.0831. The van der Waals surface area contributed by atoms with Gasteiger partial charge in [0.25, 0.3) is 0 Å². The molecule has 5 nitrogen and oxygen atoms in total. The molecule has 0 bridgehead atoms. The molecule has 18 heavy (non-hydrogen) atoms. The molecule has 1 heterocycles. The van der Waals surface area contributed by atoms with Gasteiger partial charge in [-0.2, -0.15) is 0 Å². The number of likely N-dealkylation sites (N-methyl/N-ethyl adjacent to an activating group) is 1. The van der Waals surface area contributed by atoms with Gasteiger partial charge in [0.15, 0.2) is 5.78 Å². The summed E-state index contributed by atoms with van der Waals surface area (Å²) < 4.78 is 10.3. The minimum atomic E-state index is -0.552. The Balaban J connectivity index is 2.56. The third-order valence-electron chi connectivity index (χ3n) is 2.44. The van der Waals surface area contributed by atoms with Crippen molar-refractivity contribution in [1.29, 1.82) is 0 Å². The maximum absolute atomic E-state index is 11.9. The van der Waals surface area contributed by atoms with Gasteiger partial charge in [0.05, 0.1) is 19.4 Å². The lowest BCUT2D eigenvalue weighted by atomic mass is 10.1. The third kappa shape index (κ3) is 4.39. The lowest BCUT2D eigenvalue weighted by Crippen LogP contribution is -2.39. The molecule has 0 aliphatic carbocycles. The summed E-state index contributed by atoms with van der Waals surface area (Å²) in [5.41, 5.74) is 0.0838. The number of amides is 1. The highest BCUT2D eigenvalue weighted by Gasteiger charge is 2.24. The van der Waals surface area contributed by atoms with Crippen LogP contribution in [0.3, 0.4) is 0 Å². The zero-order valence-corrected chi connectivity index (χ0v) is 11.5. The minimum Gasteiger partial charge on any atom is -0.500 e. The molecule has 0 saturated carbocycles. The van der Waals surface area contributed by atoms with E-state index in [1.807, 2.05) is 6.92 Å². The van der Waals surface area contributed by atoms with Crippen LogP contribution in [0.25, 0.3) is 0 Å². The molecule has 0 atom stereocenters. The number of ketones is 1. The van der Waals surface area contributed by atoms with Gasteiger partial charge in [-0.3, -0.25) is 4.79 Å². The SMILES string of the molecule is CCN(CC(=O)C1=COCC1)C(=O)OC(C)(C)C. The predicted molar refractivity (Wildman–Crippen MR) is 67.1 cm³/mol. The second-order valence-electron chi connectivity index (χ2n) is 5.18. The Bertz CT molecular complexity index is 354. The normalized spacial score (nSPS) is 14.8. The topological polar surface area (TPSA) is 55.8 Å². The van der Waals surface area contributed by atoms with E-state index in [4.69, 9.17) is 9.47 Å². The Labute approximate surface area is 108 Å². The van der Waals surface area contributed by atoms with E-state index >= 15 is 0 Å². The van der Waals surface area contributed by atoms with Gasteiger partial charge in [0.2, 0.25) is 0 Å². The standard InChI is InChI=1S/C13H21NO4/c1-5-14(12(16)18-13(2,3)4)8-11(15)10-6-7-17-9-10/h9H,5-8H2,1-4H3. The summed E-state index contributed by atoms with van der Waals surface area (Å²) in [4.78, 5) is 25.1. The highest BCUT2D eigenvalue weighted by atomic mass is 16.6. The first-order chi connectivity index (χ1) is 8.33. The van der Waals surface area contributed by atoms with Crippen LogP contribution in [-0.2, 0) is 14.3 Å². The smallest absolute Gasteiger partial charge is 0.410 e. The van der Waals surface area contributed by atoms with E-state index < -0.39 is 11.7 Å². The van der Waals surface area contributed by atoms with Crippen LogP contribution in [0, 0.1) is 0 Å². The van der Waals surface area contributed by atoms with Crippen molar-refractivity contribution in [3.63, 3.8) is 0 Å². The molecule has 0 radical (unpaired) electrons. The molecule has 0 unspecified atom stereocenters. The van der Waals surface area contributed by atoms with E-state index in [1.165, 1.54) is 11.2 Å². The van der Waals surface area contributed by atoms with Gasteiger partial charge >= 0.3 is 6.09 Å². The molecule has 0 aromatic heterocycles. The summed E-state index contributed by atoms with van der Waals surface area (Å²) >= 11 is 0. The molecule has 5 heteroatoms. The molecule has 0 saturated heterocycles. The van der Waals surface area contributed by atoms with E-state index in [9.17, 15) is 9.59 Å². The summed E-state index contributed by atoms with van der Waals surface area (Å²) in [6.07, 6.45) is 1.63. The average Bonchev–Trinajstić information content (AvgIpc) is 2.76. The molecule has 1 aliphatic rings. The first-order valence-electron chi connectivity index (χ1n) is 6.15. The van der Waals surface area contributed by atoms with Gasteiger partial charge < -0.3 is 14.4 Å². The highest BCUT2D eigenvalue weighted by molar-refractivity contribution is 5.98. The van der Waals surface area contributed by atoms with Gasteiger partial charge in [-0.25, -0.2) is 4.79 Å². The third-order valence-corrected chi connectivity index (χ3v) is 2.44. The Morgan fingerprint density at radius 1 is 1.44 bits per heavy atom. The maximum atomic E-state index is 11.9. The van der Waals surface area contributed by atoms with Gasteiger partial charge in [0.1, 0.15) is 5.60 Å². The van der Waals surface area contributed by atoms with Crippen LogP contribution in [0.1, 0.15) is 34.1 Å². The lowest BCUT2D eigenvalue weighted by Gasteiger charge is -2.26. The van der Waals surface area contributed by atoms with Crippen molar-refractivity contribution in [3.8, 4) is 0 Å². The zero-order valence-electron chi connectivity index (χ0n) is 11.5. The summed E-state index contributed by atoms with van der Waals surface area (Å²) in [6.45, 7) is 8.24. The molecular formula is C13H21NO4. The van der Waals surface area contributed by atoms with E-state index in [0.29, 0.717) is 25.1 Å². The van der Waals surface area contributed by atoms with Crippen molar-refractivity contribution in [3.05, 3.63) is 11.8 Å². The van der Waals surface area contributed by atoms with Gasteiger partial charge in [-0.15, -0.1) is 0 Å². The van der Waals surface area contributed by atoms with Crippen LogP contribution in [0.15, 0.2) is 11.8 Å². The fourth-order valence-corrected chi connectivity index (χ4v) is 1.50. The van der Waals surface area contributed by atoms with E-state index in [-0.39, 0.29) is 12.3 Å². The lowest BCUT2D eigenvalue weighted by molar-refractivity contribution is -0.116. The van der Waals surface area contributed by atoms with Crippen LogP contribution < -0.4 is 0 Å². The van der Waals surface area contributed by atoms with Crippen molar-refractivity contribution in [2.75, 3.05) is 19.7 Å². The average molecular weight is 255 g/mol. The minimum absolute atomic E-state index is 0.0423. The molecule has 0 N–H and O–H groups in total. The fraction of sp³-hybridized carbons (Fsp3) is 0.692. The van der Waals surface area contributed by atoms with Gasteiger partial charge in [-0.1, -0.05) is 0 Å². The monoisotopic (exact) mass is 255 g/mol. The van der Waals surface area contributed by atoms with Crippen LogP contribution in [0.5, 0.6) is 0 Å². The molecular weight excluding hydrogens is 234 g/mol. The number of nitrogens with zero attached hydrogens (tertiary/aromatic N) is 1. The molecule has 0 aromatic carbocycles. The van der Waals surface area contributed by atoms with Crippen molar-refractivity contribution in [2.24, 2.45) is 0 Å². The Kier molecular flexibility index (Phi) is 4.76. The van der Waals surface area contributed by atoms with E-state index in [1.54, 1.807) is 20.8 Å². The largest absolute Gasteiger partial charge is 0.500 e. The van der Waals surface area contributed by atoms with Crippen molar-refractivity contribution in [1.82, 2.24) is 4.90 Å². The highest BCUT2D eigenvalue weighted by Crippen LogP contribution is 2.14. The Morgan fingerprint density at radius 3 is 2.56 bits per heavy atom. The molecule has 0 aromatic rings. The second-order valence-corrected chi connectivity index (χ2v) is 5.18. The van der Waals surface area contributed by atoms with Crippen molar-refractivity contribution in [2.45, 2.75) is 39.7 Å². The first-order valence-corrected chi connectivity index (χ1v) is 6.15. The summed E-state index contributed by atoms with van der Waals surface area (Å²) in [7, 11) is 0. The van der Waals surface area contributed by atoms with Gasteiger partial charge in [-0.05, 0) is 27.7 Å². The van der Waals surface area contributed by atoms with E-state index in [2.05, 4.69) is 0 Å². The summed E-state index contributed by atoms with van der Waals surface area (Å²) in [6, 6.07) is 0. The maximum Gasteiger partial charge on any atom is 0.410 e. The van der Waals surface area contributed by atoms with Crippen molar-refractivity contribution >= 4 is 11.9 Å². The van der Waals surface area contributed by atoms with Crippen molar-refractivity contribution < 1.29 is 19.1 Å². The molecule has 0 spiro atoms. The second kappa shape index (κ2) is 5.89. The quantitative estimate of drug-likeness (QED) is 0.772. The molecule has 102 valence electrons. The van der Waals surface area contributed by atoms with Crippen LogP contribution in [-0.4, -0.2) is 42.1 Å². The predicted octanol–water partition coefficient (Wildman–Crippen LogP) is 2.12. The summed E-state index contributed by atoms with van der Waals surface area (Å²) in [5, 5.41) is 0. The number of carbonyl (C=O) groups is 2. The van der Waals surface area contributed by atoms with Gasteiger partial charge in [0, 0.05) is 18.5 Å². The number of carbonyl (C=O) groups excluding carboxylic acids is 2. The number of rotatable bonds is 4. The van der Waals surface area contributed by atoms with E-state index in [0.717, 1.165) is 0 Å². The Morgan fingerprint density at radius 2 is 2.11 bits per heavy atom. The Hall–Kier alpha value is -1.52. The fourth-order valence-electron chi connectivity index (χ4n) is 1.50. The molecule has 0 fully saturated rings.